The van der Waals surface area contributed by atoms with E-state index in [9.17, 15) is 4.79 Å². The lowest BCUT2D eigenvalue weighted by atomic mass is 9.96. The van der Waals surface area contributed by atoms with Crippen molar-refractivity contribution in [1.29, 1.82) is 0 Å². The van der Waals surface area contributed by atoms with Gasteiger partial charge in [0.15, 0.2) is 0 Å². The molecule has 1 atom stereocenters. The van der Waals surface area contributed by atoms with E-state index in [4.69, 9.17) is 9.72 Å². The monoisotopic (exact) mass is 303 g/mol. The van der Waals surface area contributed by atoms with E-state index in [1.54, 1.807) is 0 Å². The third-order valence-electron chi connectivity index (χ3n) is 4.54. The average molecular weight is 303 g/mol. The van der Waals surface area contributed by atoms with Crippen molar-refractivity contribution in [1.82, 2.24) is 9.88 Å². The van der Waals surface area contributed by atoms with Crippen LogP contribution in [0.1, 0.15) is 43.4 Å². The third kappa shape index (κ3) is 3.65. The van der Waals surface area contributed by atoms with E-state index in [1.165, 1.54) is 5.56 Å². The van der Waals surface area contributed by atoms with Crippen LogP contribution in [0.3, 0.4) is 0 Å². The Morgan fingerprint density at radius 2 is 2.23 bits per heavy atom. The summed E-state index contributed by atoms with van der Waals surface area (Å²) in [5.41, 5.74) is 2.33. The first-order chi connectivity index (χ1) is 10.7. The largest absolute Gasteiger partial charge is 0.381 e. The molecule has 0 bridgehead atoms. The zero-order chi connectivity index (χ0) is 15.5. The van der Waals surface area contributed by atoms with Crippen LogP contribution in [0, 0.1) is 5.92 Å². The van der Waals surface area contributed by atoms with Gasteiger partial charge in [-0.25, -0.2) is 4.98 Å². The number of hydrogen-bond donors (Lipinski definition) is 1. The Hall–Kier alpha value is -1.46. The number of aromatic nitrogens is 1. The molecule has 3 rings (SSSR count). The van der Waals surface area contributed by atoms with Crippen molar-refractivity contribution in [2.75, 3.05) is 32.1 Å². The highest BCUT2D eigenvalue weighted by molar-refractivity contribution is 5.93. The molecule has 0 spiro atoms. The molecule has 1 N–H and O–H groups in total. The molecule has 0 radical (unpaired) electrons. The van der Waals surface area contributed by atoms with Gasteiger partial charge >= 0.3 is 0 Å². The maximum Gasteiger partial charge on any atom is 0.228 e. The highest BCUT2D eigenvalue weighted by Gasteiger charge is 2.30. The van der Waals surface area contributed by atoms with Crippen LogP contribution < -0.4 is 5.32 Å². The van der Waals surface area contributed by atoms with Crippen molar-refractivity contribution in [3.8, 4) is 0 Å². The van der Waals surface area contributed by atoms with Crippen LogP contribution in [0.5, 0.6) is 0 Å². The van der Waals surface area contributed by atoms with E-state index >= 15 is 0 Å². The van der Waals surface area contributed by atoms with Gasteiger partial charge in [-0.05, 0) is 44.5 Å². The van der Waals surface area contributed by atoms with Crippen molar-refractivity contribution in [2.45, 2.75) is 38.6 Å². The molecule has 1 unspecified atom stereocenters. The normalized spacial score (nSPS) is 21.3. The van der Waals surface area contributed by atoms with Gasteiger partial charge in [-0.1, -0.05) is 13.0 Å². The Labute approximate surface area is 132 Å². The molecular formula is C17H25N3O2. The van der Waals surface area contributed by atoms with Crippen LogP contribution in [0.4, 0.5) is 5.82 Å². The molecule has 5 heteroatoms. The third-order valence-corrected chi connectivity index (χ3v) is 4.54. The number of hydrogen-bond acceptors (Lipinski definition) is 4. The van der Waals surface area contributed by atoms with Gasteiger partial charge in [0, 0.05) is 25.0 Å². The number of rotatable bonds is 6. The summed E-state index contributed by atoms with van der Waals surface area (Å²) >= 11 is 0. The fraction of sp³-hybridized carbons (Fsp3) is 0.647. The molecule has 1 aromatic heterocycles. The fourth-order valence-corrected chi connectivity index (χ4v) is 2.80. The second-order valence-electron chi connectivity index (χ2n) is 6.39. The summed E-state index contributed by atoms with van der Waals surface area (Å²) in [5.74, 6) is 1.42. The number of carbonyl (C=O) groups is 1. The Balaban J connectivity index is 1.80. The number of nitrogens with one attached hydrogen (secondary N) is 1. The Morgan fingerprint density at radius 1 is 1.41 bits per heavy atom. The lowest BCUT2D eigenvalue weighted by Gasteiger charge is -2.19. The maximum atomic E-state index is 11.9. The smallest absolute Gasteiger partial charge is 0.228 e. The zero-order valence-corrected chi connectivity index (χ0v) is 13.5. The molecule has 2 fully saturated rings. The summed E-state index contributed by atoms with van der Waals surface area (Å²) in [7, 11) is 2.09. The van der Waals surface area contributed by atoms with Crippen molar-refractivity contribution in [3.63, 3.8) is 0 Å². The van der Waals surface area contributed by atoms with E-state index < -0.39 is 0 Å². The van der Waals surface area contributed by atoms with E-state index in [1.807, 2.05) is 6.07 Å². The first-order valence-electron chi connectivity index (χ1n) is 8.24. The Kier molecular flexibility index (Phi) is 4.74. The molecule has 1 aliphatic carbocycles. The van der Waals surface area contributed by atoms with Gasteiger partial charge < -0.3 is 15.0 Å². The van der Waals surface area contributed by atoms with Crippen LogP contribution >= 0.6 is 0 Å². The van der Waals surface area contributed by atoms with Crippen LogP contribution in [-0.2, 0) is 16.1 Å². The second kappa shape index (κ2) is 6.75. The first kappa shape index (κ1) is 15.4. The summed E-state index contributed by atoms with van der Waals surface area (Å²) in [6.45, 7) is 5.51. The van der Waals surface area contributed by atoms with Crippen molar-refractivity contribution < 1.29 is 9.53 Å². The molecule has 1 saturated heterocycles. The molecule has 1 saturated carbocycles. The lowest BCUT2D eigenvalue weighted by molar-refractivity contribution is -0.117. The van der Waals surface area contributed by atoms with Crippen LogP contribution in [-0.4, -0.2) is 42.6 Å². The number of amides is 1. The van der Waals surface area contributed by atoms with Gasteiger partial charge in [-0.2, -0.15) is 0 Å². The van der Waals surface area contributed by atoms with Gasteiger partial charge in [-0.3, -0.25) is 4.79 Å². The molecule has 2 heterocycles. The number of pyridine rings is 1. The zero-order valence-electron chi connectivity index (χ0n) is 13.5. The molecule has 0 aromatic carbocycles. The van der Waals surface area contributed by atoms with E-state index in [2.05, 4.69) is 30.3 Å². The highest BCUT2D eigenvalue weighted by Crippen LogP contribution is 2.31. The average Bonchev–Trinajstić information content (AvgIpc) is 3.23. The number of ether oxygens (including phenoxy) is 1. The predicted molar refractivity (Wildman–Crippen MR) is 85.8 cm³/mol. The quantitative estimate of drug-likeness (QED) is 0.876. The van der Waals surface area contributed by atoms with Crippen molar-refractivity contribution >= 4 is 11.7 Å². The minimum absolute atomic E-state index is 0.110. The molecule has 2 aliphatic rings. The van der Waals surface area contributed by atoms with Gasteiger partial charge in [0.2, 0.25) is 5.91 Å². The molecule has 22 heavy (non-hydrogen) atoms. The van der Waals surface area contributed by atoms with Gasteiger partial charge in [-0.15, -0.1) is 0 Å². The van der Waals surface area contributed by atoms with E-state index in [0.717, 1.165) is 51.3 Å². The second-order valence-corrected chi connectivity index (χ2v) is 6.39. The summed E-state index contributed by atoms with van der Waals surface area (Å²) in [4.78, 5) is 18.9. The van der Waals surface area contributed by atoms with Gasteiger partial charge in [0.05, 0.1) is 12.3 Å². The van der Waals surface area contributed by atoms with Crippen molar-refractivity contribution in [3.05, 3.63) is 23.4 Å². The van der Waals surface area contributed by atoms with Crippen molar-refractivity contribution in [2.24, 2.45) is 5.92 Å². The van der Waals surface area contributed by atoms with Gasteiger partial charge in [0.1, 0.15) is 5.82 Å². The van der Waals surface area contributed by atoms with Crippen LogP contribution in [0.2, 0.25) is 0 Å². The fourth-order valence-electron chi connectivity index (χ4n) is 2.80. The van der Waals surface area contributed by atoms with E-state index in [0.29, 0.717) is 11.7 Å². The predicted octanol–water partition coefficient (Wildman–Crippen LogP) is 2.39. The minimum atomic E-state index is 0.110. The minimum Gasteiger partial charge on any atom is -0.381 e. The van der Waals surface area contributed by atoms with E-state index in [-0.39, 0.29) is 11.8 Å². The number of nitrogens with zero attached hydrogens (tertiary/aromatic N) is 2. The standard InChI is InChI=1S/C17H25N3O2/c1-3-20(2)10-15-14(13-8-9-22-11-13)6-7-16(18-15)19-17(21)12-4-5-12/h6-7,12-13H,3-5,8-11H2,1-2H3,(H,18,19,21). The summed E-state index contributed by atoms with van der Waals surface area (Å²) in [5, 5.41) is 2.95. The SMILES string of the molecule is CCN(C)Cc1nc(NC(=O)C2CC2)ccc1C1CCOC1. The number of anilines is 1. The van der Waals surface area contributed by atoms with Crippen LogP contribution in [0.25, 0.3) is 0 Å². The Morgan fingerprint density at radius 3 is 2.86 bits per heavy atom. The molecule has 1 aliphatic heterocycles. The molecule has 1 aromatic rings. The lowest BCUT2D eigenvalue weighted by Crippen LogP contribution is -2.21. The topological polar surface area (TPSA) is 54.5 Å². The maximum absolute atomic E-state index is 11.9. The molecular weight excluding hydrogens is 278 g/mol. The first-order valence-corrected chi connectivity index (χ1v) is 8.24. The summed E-state index contributed by atoms with van der Waals surface area (Å²) < 4.78 is 5.52. The van der Waals surface area contributed by atoms with Crippen LogP contribution in [0.15, 0.2) is 12.1 Å². The summed E-state index contributed by atoms with van der Waals surface area (Å²) in [6.07, 6.45) is 3.07. The molecule has 5 nitrogen and oxygen atoms in total. The number of carbonyl (C=O) groups excluding carboxylic acids is 1. The highest BCUT2D eigenvalue weighted by atomic mass is 16.5. The molecule has 1 amide bonds. The van der Waals surface area contributed by atoms with Gasteiger partial charge in [0.25, 0.3) is 0 Å². The Bertz CT molecular complexity index is 537. The summed E-state index contributed by atoms with van der Waals surface area (Å²) in [6, 6.07) is 4.05. The molecule has 120 valence electrons.